The fraction of sp³-hybridized carbons (Fsp3) is 0.810. The first-order valence-corrected chi connectivity index (χ1v) is 10.7. The van der Waals surface area contributed by atoms with Crippen molar-refractivity contribution in [3.8, 4) is 0 Å². The highest BCUT2D eigenvalue weighted by Crippen LogP contribution is 2.26. The highest BCUT2D eigenvalue weighted by molar-refractivity contribution is 5.87. The molecule has 2 saturated heterocycles. The molecule has 0 bridgehead atoms. The van der Waals surface area contributed by atoms with E-state index in [-0.39, 0.29) is 23.7 Å². The number of nitrogens with zero attached hydrogens (tertiary/aromatic N) is 2. The van der Waals surface area contributed by atoms with E-state index < -0.39 is 29.7 Å². The number of nitrogens with one attached hydrogen (secondary N) is 1. The predicted octanol–water partition coefficient (Wildman–Crippen LogP) is 1.85. The fourth-order valence-corrected chi connectivity index (χ4v) is 4.01. The van der Waals surface area contributed by atoms with Crippen molar-refractivity contribution in [1.29, 1.82) is 0 Å². The number of carbonyl (C=O) groups is 4. The Morgan fingerprint density at radius 3 is 2.13 bits per heavy atom. The Morgan fingerprint density at radius 1 is 1.03 bits per heavy atom. The van der Waals surface area contributed by atoms with Gasteiger partial charge in [-0.25, -0.2) is 9.59 Å². The molecule has 0 aromatic carbocycles. The molecule has 2 atom stereocenters. The normalized spacial score (nSPS) is 21.5. The lowest BCUT2D eigenvalue weighted by Gasteiger charge is -2.36. The minimum absolute atomic E-state index is 0.120. The second kappa shape index (κ2) is 9.66. The lowest BCUT2D eigenvalue weighted by Crippen LogP contribution is -2.54. The minimum atomic E-state index is -0.957. The number of aliphatic carboxylic acids is 1. The molecule has 0 unspecified atom stereocenters. The molecule has 2 aliphatic rings. The van der Waals surface area contributed by atoms with Crippen LogP contribution in [0.3, 0.4) is 0 Å². The van der Waals surface area contributed by atoms with Gasteiger partial charge >= 0.3 is 12.1 Å². The van der Waals surface area contributed by atoms with Gasteiger partial charge in [-0.05, 0) is 52.4 Å². The number of hydrogen-bond acceptors (Lipinski definition) is 5. The number of ether oxygens (including phenoxy) is 1. The van der Waals surface area contributed by atoms with Crippen LogP contribution in [0.4, 0.5) is 4.79 Å². The van der Waals surface area contributed by atoms with E-state index in [1.165, 1.54) is 4.90 Å². The van der Waals surface area contributed by atoms with E-state index in [0.717, 1.165) is 0 Å². The summed E-state index contributed by atoms with van der Waals surface area (Å²) in [5, 5.41) is 12.0. The second-order valence-electron chi connectivity index (χ2n) is 9.50. The smallest absolute Gasteiger partial charge is 0.408 e. The Bertz CT molecular complexity index is 664. The molecule has 0 radical (unpaired) electrons. The molecule has 2 fully saturated rings. The summed E-state index contributed by atoms with van der Waals surface area (Å²) in [4.78, 5) is 52.4. The van der Waals surface area contributed by atoms with Crippen LogP contribution in [0, 0.1) is 11.8 Å². The molecule has 170 valence electrons. The van der Waals surface area contributed by atoms with E-state index in [9.17, 15) is 24.3 Å². The molecule has 0 aromatic rings. The van der Waals surface area contributed by atoms with Crippen LogP contribution in [0.2, 0.25) is 0 Å². The van der Waals surface area contributed by atoms with Crippen LogP contribution in [-0.4, -0.2) is 76.1 Å². The second-order valence-corrected chi connectivity index (χ2v) is 9.50. The van der Waals surface area contributed by atoms with Crippen LogP contribution < -0.4 is 5.32 Å². The molecule has 2 N–H and O–H groups in total. The fourth-order valence-electron chi connectivity index (χ4n) is 4.01. The minimum Gasteiger partial charge on any atom is -0.480 e. The molecule has 30 heavy (non-hydrogen) atoms. The van der Waals surface area contributed by atoms with Crippen LogP contribution in [0.5, 0.6) is 0 Å². The van der Waals surface area contributed by atoms with Crippen LogP contribution in [0.25, 0.3) is 0 Å². The summed E-state index contributed by atoms with van der Waals surface area (Å²) in [6.45, 7) is 10.3. The number of rotatable bonds is 5. The first-order chi connectivity index (χ1) is 13.9. The maximum atomic E-state index is 13.0. The molecule has 2 heterocycles. The first kappa shape index (κ1) is 24.0. The predicted molar refractivity (Wildman–Crippen MR) is 110 cm³/mol. The number of alkyl carbamates (subject to hydrolysis) is 1. The van der Waals surface area contributed by atoms with Gasteiger partial charge in [0.1, 0.15) is 17.7 Å². The summed E-state index contributed by atoms with van der Waals surface area (Å²) >= 11 is 0. The summed E-state index contributed by atoms with van der Waals surface area (Å²) in [6, 6.07) is -1.44. The first-order valence-electron chi connectivity index (χ1n) is 10.7. The van der Waals surface area contributed by atoms with Gasteiger partial charge in [0.05, 0.1) is 0 Å². The van der Waals surface area contributed by atoms with Gasteiger partial charge in [-0.2, -0.15) is 0 Å². The lowest BCUT2D eigenvalue weighted by molar-refractivity contribution is -0.151. The van der Waals surface area contributed by atoms with Crippen molar-refractivity contribution in [3.05, 3.63) is 0 Å². The quantitative estimate of drug-likeness (QED) is 0.694. The zero-order valence-corrected chi connectivity index (χ0v) is 18.6. The van der Waals surface area contributed by atoms with Gasteiger partial charge in [0.25, 0.3) is 0 Å². The Labute approximate surface area is 178 Å². The largest absolute Gasteiger partial charge is 0.480 e. The Kier molecular flexibility index (Phi) is 7.71. The van der Waals surface area contributed by atoms with Crippen LogP contribution in [0.1, 0.15) is 60.3 Å². The maximum absolute atomic E-state index is 13.0. The van der Waals surface area contributed by atoms with Crippen molar-refractivity contribution in [2.45, 2.75) is 78.0 Å². The third-order valence-electron chi connectivity index (χ3n) is 5.58. The third kappa shape index (κ3) is 6.09. The Balaban J connectivity index is 1.93. The highest BCUT2D eigenvalue weighted by atomic mass is 16.6. The van der Waals surface area contributed by atoms with Crippen molar-refractivity contribution in [2.24, 2.45) is 11.8 Å². The zero-order valence-electron chi connectivity index (χ0n) is 18.6. The number of likely N-dealkylation sites (tertiary alicyclic amines) is 2. The van der Waals surface area contributed by atoms with E-state index in [1.54, 1.807) is 25.7 Å². The van der Waals surface area contributed by atoms with Gasteiger partial charge in [-0.1, -0.05) is 13.8 Å². The number of hydrogen-bond donors (Lipinski definition) is 2. The van der Waals surface area contributed by atoms with Gasteiger partial charge in [-0.15, -0.1) is 0 Å². The molecular weight excluding hydrogens is 390 g/mol. The van der Waals surface area contributed by atoms with Crippen molar-refractivity contribution in [2.75, 3.05) is 19.6 Å². The van der Waals surface area contributed by atoms with Crippen molar-refractivity contribution in [1.82, 2.24) is 15.1 Å². The van der Waals surface area contributed by atoms with Crippen LogP contribution >= 0.6 is 0 Å². The molecule has 0 aromatic heterocycles. The lowest BCUT2D eigenvalue weighted by atomic mass is 9.93. The topological polar surface area (TPSA) is 116 Å². The van der Waals surface area contributed by atoms with Gasteiger partial charge < -0.3 is 25.0 Å². The van der Waals surface area contributed by atoms with E-state index in [0.29, 0.717) is 45.3 Å². The zero-order chi connectivity index (χ0) is 22.6. The Hall–Kier alpha value is -2.32. The number of carboxylic acid groups (broad SMARTS) is 1. The summed E-state index contributed by atoms with van der Waals surface area (Å²) in [5.41, 5.74) is -0.656. The van der Waals surface area contributed by atoms with Crippen molar-refractivity contribution >= 4 is 23.9 Å². The molecule has 2 rings (SSSR count). The molecule has 9 nitrogen and oxygen atoms in total. The molecule has 3 amide bonds. The summed E-state index contributed by atoms with van der Waals surface area (Å²) < 4.78 is 5.27. The van der Waals surface area contributed by atoms with Crippen molar-refractivity contribution in [3.63, 3.8) is 0 Å². The molecular formula is C21H35N3O6. The SMILES string of the molecule is CC(C)[C@H](NC(=O)OC(C)(C)C)C(=O)N1CCC(C(=O)N2CCC[C@H]2C(=O)O)CC1. The molecule has 9 heteroatoms. The van der Waals surface area contributed by atoms with E-state index in [4.69, 9.17) is 4.74 Å². The summed E-state index contributed by atoms with van der Waals surface area (Å²) in [5.74, 6) is -1.66. The molecule has 0 saturated carbocycles. The molecule has 2 aliphatic heterocycles. The monoisotopic (exact) mass is 425 g/mol. The number of amides is 3. The number of carbonyl (C=O) groups excluding carboxylic acids is 3. The average Bonchev–Trinajstić information content (AvgIpc) is 3.13. The maximum Gasteiger partial charge on any atom is 0.408 e. The van der Waals surface area contributed by atoms with Crippen molar-refractivity contribution < 1.29 is 29.0 Å². The number of piperidine rings is 1. The van der Waals surface area contributed by atoms with Gasteiger partial charge in [0.2, 0.25) is 11.8 Å². The standard InChI is InChI=1S/C21H35N3O6/c1-13(2)16(22-20(29)30-21(3,4)5)18(26)23-11-8-14(9-12-23)17(25)24-10-6-7-15(24)19(27)28/h13-16H,6-12H2,1-5H3,(H,22,29)(H,27,28)/t15-,16-/m0/s1. The number of carboxylic acids is 1. The van der Waals surface area contributed by atoms with E-state index in [1.807, 2.05) is 13.8 Å². The Morgan fingerprint density at radius 2 is 1.63 bits per heavy atom. The van der Waals surface area contributed by atoms with E-state index >= 15 is 0 Å². The third-order valence-corrected chi connectivity index (χ3v) is 5.58. The van der Waals surface area contributed by atoms with E-state index in [2.05, 4.69) is 5.32 Å². The van der Waals surface area contributed by atoms with Gasteiger partial charge in [-0.3, -0.25) is 9.59 Å². The molecule has 0 aliphatic carbocycles. The highest BCUT2D eigenvalue weighted by Gasteiger charge is 2.39. The van der Waals surface area contributed by atoms with Gasteiger partial charge in [0.15, 0.2) is 0 Å². The average molecular weight is 426 g/mol. The summed E-state index contributed by atoms with van der Waals surface area (Å²) in [6.07, 6.45) is 1.54. The molecule has 0 spiro atoms. The van der Waals surface area contributed by atoms with Gasteiger partial charge in [0, 0.05) is 25.6 Å². The van der Waals surface area contributed by atoms with Crippen LogP contribution in [0.15, 0.2) is 0 Å². The summed E-state index contributed by atoms with van der Waals surface area (Å²) in [7, 11) is 0. The van der Waals surface area contributed by atoms with Crippen LogP contribution in [-0.2, 0) is 19.1 Å².